The number of amides is 1. The molecule has 0 unspecified atom stereocenters. The van der Waals surface area contributed by atoms with Crippen LogP contribution in [0.4, 0.5) is 4.39 Å². The third-order valence-corrected chi connectivity index (χ3v) is 4.03. The highest BCUT2D eigenvalue weighted by atomic mass is 19.1. The molecule has 28 heavy (non-hydrogen) atoms. The third kappa shape index (κ3) is 3.59. The number of halogens is 1. The Balaban J connectivity index is 2.11. The molecule has 1 aliphatic rings. The number of esters is 1. The summed E-state index contributed by atoms with van der Waals surface area (Å²) in [7, 11) is 0. The number of fused-ring (bicyclic) bond motifs is 1. The summed E-state index contributed by atoms with van der Waals surface area (Å²) < 4.78 is 18.9. The minimum atomic E-state index is -0.796. The monoisotopic (exact) mass is 380 g/mol. The zero-order valence-corrected chi connectivity index (χ0v) is 15.3. The van der Waals surface area contributed by atoms with Crippen molar-refractivity contribution in [2.24, 2.45) is 9.98 Å². The van der Waals surface area contributed by atoms with Crippen LogP contribution in [0.25, 0.3) is 0 Å². The van der Waals surface area contributed by atoms with Gasteiger partial charge in [0.1, 0.15) is 17.1 Å². The van der Waals surface area contributed by atoms with Crippen molar-refractivity contribution in [3.05, 3.63) is 82.4 Å². The SMILES string of the molecule is CCOC(=O)/C(C1=NC(=NC(=O)c2ccccc2F)c2ccccc21)=C(/C)O. The highest BCUT2D eigenvalue weighted by Gasteiger charge is 2.30. The van der Waals surface area contributed by atoms with Gasteiger partial charge in [0.15, 0.2) is 5.84 Å². The van der Waals surface area contributed by atoms with E-state index in [9.17, 15) is 19.1 Å². The Morgan fingerprint density at radius 1 is 1.11 bits per heavy atom. The number of ether oxygens (including phenoxy) is 1. The first-order valence-corrected chi connectivity index (χ1v) is 8.57. The maximum absolute atomic E-state index is 13.9. The zero-order valence-electron chi connectivity index (χ0n) is 15.3. The Bertz CT molecular complexity index is 1050. The molecule has 7 heteroatoms. The van der Waals surface area contributed by atoms with Crippen LogP contribution >= 0.6 is 0 Å². The molecule has 0 radical (unpaired) electrons. The molecule has 3 rings (SSSR count). The van der Waals surface area contributed by atoms with Crippen LogP contribution in [-0.4, -0.2) is 35.1 Å². The summed E-state index contributed by atoms with van der Waals surface area (Å²) in [5, 5.41) is 10.0. The van der Waals surface area contributed by atoms with Crippen LogP contribution in [0.5, 0.6) is 0 Å². The van der Waals surface area contributed by atoms with E-state index < -0.39 is 17.7 Å². The van der Waals surface area contributed by atoms with E-state index in [1.165, 1.54) is 31.2 Å². The standard InChI is InChI=1S/C21H17FN2O4/c1-3-28-21(27)17(12(2)25)18-13-8-4-5-9-14(13)19(23-18)24-20(26)15-10-6-7-11-16(15)22/h4-11,25H,3H2,1-2H3/b17-12-,24-19?. The van der Waals surface area contributed by atoms with E-state index in [0.717, 1.165) is 0 Å². The molecule has 0 bridgehead atoms. The first kappa shape index (κ1) is 19.2. The van der Waals surface area contributed by atoms with Crippen LogP contribution in [0, 0.1) is 5.82 Å². The molecule has 0 aromatic heterocycles. The van der Waals surface area contributed by atoms with Crippen LogP contribution < -0.4 is 0 Å². The number of benzene rings is 2. The Morgan fingerprint density at radius 3 is 2.39 bits per heavy atom. The largest absolute Gasteiger partial charge is 0.512 e. The second-order valence-electron chi connectivity index (χ2n) is 5.91. The van der Waals surface area contributed by atoms with Crippen LogP contribution in [0.15, 0.2) is 69.8 Å². The van der Waals surface area contributed by atoms with Crippen molar-refractivity contribution in [2.45, 2.75) is 13.8 Å². The normalized spacial score (nSPS) is 15.0. The molecular weight excluding hydrogens is 363 g/mol. The summed E-state index contributed by atoms with van der Waals surface area (Å²) in [4.78, 5) is 32.9. The predicted octanol–water partition coefficient (Wildman–Crippen LogP) is 3.61. The van der Waals surface area contributed by atoms with E-state index in [-0.39, 0.29) is 35.0 Å². The number of amidine groups is 1. The Morgan fingerprint density at radius 2 is 1.75 bits per heavy atom. The molecule has 0 fully saturated rings. The molecule has 1 heterocycles. The molecule has 142 valence electrons. The molecule has 1 N–H and O–H groups in total. The van der Waals surface area contributed by atoms with Crippen molar-refractivity contribution < 1.29 is 23.8 Å². The van der Waals surface area contributed by atoms with E-state index in [0.29, 0.717) is 11.1 Å². The highest BCUT2D eigenvalue weighted by Crippen LogP contribution is 2.26. The molecule has 0 atom stereocenters. The lowest BCUT2D eigenvalue weighted by Crippen LogP contribution is -2.18. The second-order valence-corrected chi connectivity index (χ2v) is 5.91. The molecule has 0 saturated carbocycles. The minimum absolute atomic E-state index is 0.0295. The Labute approximate surface area is 160 Å². The lowest BCUT2D eigenvalue weighted by molar-refractivity contribution is -0.138. The van der Waals surface area contributed by atoms with E-state index in [1.54, 1.807) is 31.2 Å². The van der Waals surface area contributed by atoms with E-state index >= 15 is 0 Å². The van der Waals surface area contributed by atoms with E-state index in [1.807, 2.05) is 0 Å². The second kappa shape index (κ2) is 7.96. The lowest BCUT2D eigenvalue weighted by atomic mass is 9.99. The van der Waals surface area contributed by atoms with Crippen molar-refractivity contribution >= 4 is 23.4 Å². The van der Waals surface area contributed by atoms with Crippen molar-refractivity contribution in [2.75, 3.05) is 6.61 Å². The van der Waals surface area contributed by atoms with E-state index in [2.05, 4.69) is 9.98 Å². The van der Waals surface area contributed by atoms with Gasteiger partial charge in [-0.3, -0.25) is 4.79 Å². The fourth-order valence-electron chi connectivity index (χ4n) is 2.80. The molecule has 2 aromatic carbocycles. The zero-order chi connectivity index (χ0) is 20.3. The summed E-state index contributed by atoms with van der Waals surface area (Å²) in [6, 6.07) is 12.3. The number of rotatable bonds is 4. The molecule has 0 aliphatic carbocycles. The van der Waals surface area contributed by atoms with Gasteiger partial charge in [0.25, 0.3) is 5.91 Å². The molecule has 6 nitrogen and oxygen atoms in total. The Kier molecular flexibility index (Phi) is 5.44. The van der Waals surface area contributed by atoms with Gasteiger partial charge >= 0.3 is 5.97 Å². The number of carbonyl (C=O) groups excluding carboxylic acids is 2. The van der Waals surface area contributed by atoms with Gasteiger partial charge in [-0.1, -0.05) is 36.4 Å². The fourth-order valence-corrected chi connectivity index (χ4v) is 2.80. The Hall–Kier alpha value is -3.61. The molecule has 0 spiro atoms. The van der Waals surface area contributed by atoms with Gasteiger partial charge in [0.05, 0.1) is 17.9 Å². The number of aliphatic hydroxyl groups excluding tert-OH is 1. The summed E-state index contributed by atoms with van der Waals surface area (Å²) in [5.74, 6) is -2.46. The number of allylic oxidation sites excluding steroid dienone is 1. The van der Waals surface area contributed by atoms with Gasteiger partial charge in [-0.25, -0.2) is 14.2 Å². The molecule has 0 saturated heterocycles. The number of hydrogen-bond donors (Lipinski definition) is 1. The maximum atomic E-state index is 13.9. The number of aliphatic imine (C=N–C) groups is 2. The van der Waals surface area contributed by atoms with Crippen LogP contribution in [0.1, 0.15) is 35.3 Å². The average molecular weight is 380 g/mol. The number of aliphatic hydroxyl groups is 1. The summed E-state index contributed by atoms with van der Waals surface area (Å²) in [5.41, 5.74) is 0.854. The van der Waals surface area contributed by atoms with Crippen LogP contribution in [-0.2, 0) is 9.53 Å². The van der Waals surface area contributed by atoms with Gasteiger partial charge in [0.2, 0.25) is 0 Å². The number of nitrogens with zero attached hydrogens (tertiary/aromatic N) is 2. The lowest BCUT2D eigenvalue weighted by Gasteiger charge is -2.08. The average Bonchev–Trinajstić information content (AvgIpc) is 3.00. The van der Waals surface area contributed by atoms with Gasteiger partial charge < -0.3 is 9.84 Å². The van der Waals surface area contributed by atoms with Crippen LogP contribution in [0.2, 0.25) is 0 Å². The topological polar surface area (TPSA) is 88.3 Å². The highest BCUT2D eigenvalue weighted by molar-refractivity contribution is 6.36. The molecule has 1 aliphatic heterocycles. The third-order valence-electron chi connectivity index (χ3n) is 4.03. The van der Waals surface area contributed by atoms with E-state index in [4.69, 9.17) is 4.74 Å². The number of carbonyl (C=O) groups is 2. The van der Waals surface area contributed by atoms with Crippen molar-refractivity contribution in [3.63, 3.8) is 0 Å². The quantitative estimate of drug-likeness (QED) is 0.499. The summed E-state index contributed by atoms with van der Waals surface area (Å²) >= 11 is 0. The van der Waals surface area contributed by atoms with Crippen molar-refractivity contribution in [1.82, 2.24) is 0 Å². The smallest absolute Gasteiger partial charge is 0.343 e. The van der Waals surface area contributed by atoms with Gasteiger partial charge in [-0.15, -0.1) is 0 Å². The predicted molar refractivity (Wildman–Crippen MR) is 102 cm³/mol. The molecular formula is C21H17FN2O4. The van der Waals surface area contributed by atoms with Crippen molar-refractivity contribution in [1.29, 1.82) is 0 Å². The number of hydrogen-bond acceptors (Lipinski definition) is 4. The summed E-state index contributed by atoms with van der Waals surface area (Å²) in [6.45, 7) is 3.11. The van der Waals surface area contributed by atoms with Gasteiger partial charge in [-0.05, 0) is 26.0 Å². The molecule has 2 aromatic rings. The van der Waals surface area contributed by atoms with Crippen LogP contribution in [0.3, 0.4) is 0 Å². The summed E-state index contributed by atoms with van der Waals surface area (Å²) in [6.07, 6.45) is 0. The first-order chi connectivity index (χ1) is 13.4. The maximum Gasteiger partial charge on any atom is 0.343 e. The first-order valence-electron chi connectivity index (χ1n) is 8.57. The van der Waals surface area contributed by atoms with Gasteiger partial charge in [0, 0.05) is 11.1 Å². The van der Waals surface area contributed by atoms with Gasteiger partial charge in [-0.2, -0.15) is 4.99 Å². The molecule has 1 amide bonds. The van der Waals surface area contributed by atoms with Crippen molar-refractivity contribution in [3.8, 4) is 0 Å². The minimum Gasteiger partial charge on any atom is -0.512 e. The fraction of sp³-hybridized carbons (Fsp3) is 0.143.